The first-order chi connectivity index (χ1) is 5.04. The van der Waals surface area contributed by atoms with Crippen LogP contribution >= 0.6 is 0 Å². The molecule has 0 saturated heterocycles. The third kappa shape index (κ3) is 1.73. The zero-order valence-electron chi connectivity index (χ0n) is 7.26. The summed E-state index contributed by atoms with van der Waals surface area (Å²) in [7, 11) is 0. The first kappa shape index (κ1) is 8.12. The highest BCUT2D eigenvalue weighted by Crippen LogP contribution is 2.31. The minimum Gasteiger partial charge on any atom is -0.515 e. The Labute approximate surface area is 67.7 Å². The molecule has 0 unspecified atom stereocenters. The molecule has 11 heavy (non-hydrogen) atoms. The maximum atomic E-state index is 8.69. The summed E-state index contributed by atoms with van der Waals surface area (Å²) in [5.74, 6) is 0. The maximum absolute atomic E-state index is 8.69. The van der Waals surface area contributed by atoms with Gasteiger partial charge in [-0.15, -0.1) is 0 Å². The summed E-state index contributed by atoms with van der Waals surface area (Å²) >= 11 is 0. The Morgan fingerprint density at radius 2 is 1.91 bits per heavy atom. The Bertz CT molecular complexity index is 236. The summed E-state index contributed by atoms with van der Waals surface area (Å²) in [6.07, 6.45) is 7.10. The van der Waals surface area contributed by atoms with Crippen LogP contribution in [-0.4, -0.2) is 5.11 Å². The van der Waals surface area contributed by atoms with E-state index >= 15 is 0 Å². The average molecular weight is 150 g/mol. The van der Waals surface area contributed by atoms with E-state index in [2.05, 4.69) is 20.8 Å². The molecule has 0 radical (unpaired) electrons. The lowest BCUT2D eigenvalue weighted by Gasteiger charge is -2.17. The lowest BCUT2D eigenvalue weighted by Crippen LogP contribution is -2.05. The number of aliphatic hydroxyl groups is 1. The number of hydrogen-bond acceptors (Lipinski definition) is 1. The molecule has 1 heteroatoms. The van der Waals surface area contributed by atoms with Gasteiger partial charge in [-0.2, -0.15) is 0 Å². The summed E-state index contributed by atoms with van der Waals surface area (Å²) in [4.78, 5) is 0. The third-order valence-electron chi connectivity index (χ3n) is 1.79. The van der Waals surface area contributed by atoms with Crippen LogP contribution in [0.2, 0.25) is 0 Å². The topological polar surface area (TPSA) is 20.2 Å². The van der Waals surface area contributed by atoms with E-state index in [1.54, 1.807) is 0 Å². The minimum atomic E-state index is 0.182. The molecule has 0 aromatic carbocycles. The average Bonchev–Trinajstić information content (AvgIpc) is 2.32. The van der Waals surface area contributed by atoms with Crippen LogP contribution in [0.15, 0.2) is 35.6 Å². The van der Waals surface area contributed by atoms with Gasteiger partial charge in [-0.05, 0) is 17.1 Å². The van der Waals surface area contributed by atoms with Crippen molar-refractivity contribution in [3.05, 3.63) is 35.6 Å². The number of allylic oxidation sites excluding steroid dienone is 5. The van der Waals surface area contributed by atoms with Crippen LogP contribution in [0.4, 0.5) is 0 Å². The van der Waals surface area contributed by atoms with Crippen molar-refractivity contribution in [2.45, 2.75) is 20.8 Å². The fourth-order valence-corrected chi connectivity index (χ4v) is 1.01. The first-order valence-electron chi connectivity index (χ1n) is 3.78. The molecule has 0 atom stereocenters. The molecule has 60 valence electrons. The zero-order chi connectivity index (χ0) is 8.48. The molecule has 0 aromatic heterocycles. The molecule has 0 fully saturated rings. The van der Waals surface area contributed by atoms with Crippen LogP contribution < -0.4 is 0 Å². The van der Waals surface area contributed by atoms with Crippen molar-refractivity contribution in [1.82, 2.24) is 0 Å². The Morgan fingerprint density at radius 1 is 1.27 bits per heavy atom. The summed E-state index contributed by atoms with van der Waals surface area (Å²) in [6.45, 7) is 6.47. The molecule has 1 aliphatic carbocycles. The normalized spacial score (nSPS) is 21.0. The van der Waals surface area contributed by atoms with E-state index in [9.17, 15) is 0 Å². The molecular weight excluding hydrogens is 136 g/mol. The van der Waals surface area contributed by atoms with Gasteiger partial charge in [-0.1, -0.05) is 32.9 Å². The fourth-order valence-electron chi connectivity index (χ4n) is 1.01. The minimum absolute atomic E-state index is 0.182. The van der Waals surface area contributed by atoms with Gasteiger partial charge in [0, 0.05) is 5.57 Å². The van der Waals surface area contributed by atoms with Crippen LogP contribution in [0.25, 0.3) is 0 Å². The summed E-state index contributed by atoms with van der Waals surface area (Å²) in [5.41, 5.74) is 2.33. The summed E-state index contributed by atoms with van der Waals surface area (Å²) < 4.78 is 0. The second-order valence-electron chi connectivity index (χ2n) is 3.81. The van der Waals surface area contributed by atoms with E-state index in [4.69, 9.17) is 5.11 Å². The van der Waals surface area contributed by atoms with Crippen molar-refractivity contribution in [2.24, 2.45) is 5.41 Å². The van der Waals surface area contributed by atoms with E-state index in [1.807, 2.05) is 18.2 Å². The predicted molar refractivity (Wildman–Crippen MR) is 47.4 cm³/mol. The van der Waals surface area contributed by atoms with Gasteiger partial charge >= 0.3 is 0 Å². The second-order valence-corrected chi connectivity index (χ2v) is 3.81. The van der Waals surface area contributed by atoms with E-state index in [1.165, 1.54) is 5.57 Å². The maximum Gasteiger partial charge on any atom is 0.0864 e. The van der Waals surface area contributed by atoms with Crippen LogP contribution in [-0.2, 0) is 0 Å². The summed E-state index contributed by atoms with van der Waals surface area (Å²) in [5, 5.41) is 8.69. The molecule has 1 nitrogen and oxygen atoms in total. The van der Waals surface area contributed by atoms with Gasteiger partial charge in [0.2, 0.25) is 0 Å². The van der Waals surface area contributed by atoms with Crippen molar-refractivity contribution in [1.29, 1.82) is 0 Å². The number of hydrogen-bond donors (Lipinski definition) is 1. The molecule has 0 amide bonds. The Kier molecular flexibility index (Phi) is 1.90. The van der Waals surface area contributed by atoms with E-state index in [0.717, 1.165) is 11.8 Å². The highest BCUT2D eigenvalue weighted by molar-refractivity contribution is 5.47. The van der Waals surface area contributed by atoms with Crippen LogP contribution in [0.3, 0.4) is 0 Å². The molecule has 1 rings (SSSR count). The van der Waals surface area contributed by atoms with Crippen molar-refractivity contribution in [2.75, 3.05) is 0 Å². The van der Waals surface area contributed by atoms with Crippen LogP contribution in [0.1, 0.15) is 20.8 Å². The smallest absolute Gasteiger partial charge is 0.0864 e. The standard InChI is InChI=1S/C10H14O/c1-10(2,3)9-5-4-8(6-9)7-11/h4-7,11H,1-3H3/b8-7+. The Balaban J connectivity index is 2.89. The molecular formula is C10H14O. The molecule has 0 aromatic rings. The Morgan fingerprint density at radius 3 is 2.18 bits per heavy atom. The molecule has 1 N–H and O–H groups in total. The van der Waals surface area contributed by atoms with Crippen LogP contribution in [0, 0.1) is 5.41 Å². The molecule has 1 aliphatic rings. The monoisotopic (exact) mass is 150 g/mol. The Hall–Kier alpha value is -0.980. The first-order valence-corrected chi connectivity index (χ1v) is 3.78. The van der Waals surface area contributed by atoms with Gasteiger partial charge < -0.3 is 5.11 Å². The third-order valence-corrected chi connectivity index (χ3v) is 1.79. The van der Waals surface area contributed by atoms with Crippen molar-refractivity contribution in [3.8, 4) is 0 Å². The molecule has 0 saturated carbocycles. The highest BCUT2D eigenvalue weighted by atomic mass is 16.2. The molecule has 0 spiro atoms. The fraction of sp³-hybridized carbons (Fsp3) is 0.400. The van der Waals surface area contributed by atoms with Gasteiger partial charge in [0.05, 0.1) is 6.26 Å². The van der Waals surface area contributed by atoms with E-state index < -0.39 is 0 Å². The van der Waals surface area contributed by atoms with Gasteiger partial charge in [0.1, 0.15) is 0 Å². The molecule has 0 aliphatic heterocycles. The second kappa shape index (κ2) is 2.57. The number of rotatable bonds is 0. The van der Waals surface area contributed by atoms with Crippen molar-refractivity contribution in [3.63, 3.8) is 0 Å². The van der Waals surface area contributed by atoms with Gasteiger partial charge in [0.25, 0.3) is 0 Å². The van der Waals surface area contributed by atoms with Crippen molar-refractivity contribution < 1.29 is 5.11 Å². The quantitative estimate of drug-likeness (QED) is 0.526. The lowest BCUT2D eigenvalue weighted by molar-refractivity contribution is 0.470. The van der Waals surface area contributed by atoms with E-state index in [0.29, 0.717) is 0 Å². The largest absolute Gasteiger partial charge is 0.515 e. The van der Waals surface area contributed by atoms with Crippen molar-refractivity contribution >= 4 is 0 Å². The number of aliphatic hydroxyl groups excluding tert-OH is 1. The van der Waals surface area contributed by atoms with Gasteiger partial charge in [-0.25, -0.2) is 0 Å². The SMILES string of the molecule is CC(C)(C)C1=C/C(=C/O)C=C1. The predicted octanol–water partition coefficient (Wildman–Crippen LogP) is 2.97. The van der Waals surface area contributed by atoms with Gasteiger partial charge in [0.15, 0.2) is 0 Å². The molecule has 0 bridgehead atoms. The molecule has 0 heterocycles. The lowest BCUT2D eigenvalue weighted by atomic mass is 9.87. The summed E-state index contributed by atoms with van der Waals surface area (Å²) in [6, 6.07) is 0. The van der Waals surface area contributed by atoms with E-state index in [-0.39, 0.29) is 5.41 Å². The zero-order valence-corrected chi connectivity index (χ0v) is 7.26. The highest BCUT2D eigenvalue weighted by Gasteiger charge is 2.17. The van der Waals surface area contributed by atoms with Gasteiger partial charge in [-0.3, -0.25) is 0 Å². The van der Waals surface area contributed by atoms with Crippen LogP contribution in [0.5, 0.6) is 0 Å².